The molecule has 1 aromatic heterocycles. The largest absolute Gasteiger partial charge is 0.492 e. The molecule has 5 rings (SSSR count). The fraction of sp³-hybridized carbons (Fsp3) is 0.565. The third kappa shape index (κ3) is 3.56. The number of ether oxygens (including phenoxy) is 1. The zero-order valence-corrected chi connectivity index (χ0v) is 17.9. The lowest BCUT2D eigenvalue weighted by Crippen LogP contribution is -2.29. The third-order valence-corrected chi connectivity index (χ3v) is 6.90. The highest BCUT2D eigenvalue weighted by Crippen LogP contribution is 2.45. The number of benzene rings is 1. The van der Waals surface area contributed by atoms with E-state index in [9.17, 15) is 14.7 Å². The summed E-state index contributed by atoms with van der Waals surface area (Å²) in [6.07, 6.45) is 5.64. The predicted octanol–water partition coefficient (Wildman–Crippen LogP) is 3.01. The number of aromatic nitrogens is 1. The lowest BCUT2D eigenvalue weighted by molar-refractivity contribution is 0.0695. The molecule has 2 N–H and O–H groups in total. The molecule has 1 aromatic carbocycles. The number of methoxy groups -OCH3 is 1. The molecule has 0 spiro atoms. The number of nitrogens with one attached hydrogen (secondary N) is 1. The topological polar surface area (TPSA) is 83.8 Å². The molecular weight excluding hydrogens is 401 g/mol. The van der Waals surface area contributed by atoms with E-state index in [2.05, 4.69) is 12.2 Å². The van der Waals surface area contributed by atoms with Gasteiger partial charge in [0.2, 0.25) is 5.43 Å². The molecule has 2 atom stereocenters. The Morgan fingerprint density at radius 1 is 1.29 bits per heavy atom. The molecule has 0 bridgehead atoms. The van der Waals surface area contributed by atoms with Gasteiger partial charge in [-0.1, -0.05) is 6.92 Å². The number of pyridine rings is 1. The van der Waals surface area contributed by atoms with Crippen LogP contribution in [0.4, 0.5) is 10.1 Å². The fourth-order valence-corrected chi connectivity index (χ4v) is 4.81. The van der Waals surface area contributed by atoms with Crippen molar-refractivity contribution in [3.8, 4) is 5.75 Å². The molecule has 0 unspecified atom stereocenters. The van der Waals surface area contributed by atoms with Gasteiger partial charge in [-0.3, -0.25) is 4.79 Å². The van der Waals surface area contributed by atoms with Crippen molar-refractivity contribution < 1.29 is 19.0 Å². The van der Waals surface area contributed by atoms with Crippen LogP contribution in [0.1, 0.15) is 49.0 Å². The first-order valence-electron chi connectivity index (χ1n) is 11.1. The molecule has 7 nitrogen and oxygen atoms in total. The van der Waals surface area contributed by atoms with Crippen LogP contribution in [0.5, 0.6) is 5.75 Å². The van der Waals surface area contributed by atoms with Gasteiger partial charge in [0.15, 0.2) is 11.6 Å². The summed E-state index contributed by atoms with van der Waals surface area (Å²) in [6, 6.07) is 1.92. The normalized spacial score (nSPS) is 23.5. The number of halogens is 1. The Balaban J connectivity index is 1.61. The van der Waals surface area contributed by atoms with Gasteiger partial charge in [0.05, 0.1) is 18.0 Å². The lowest BCUT2D eigenvalue weighted by Gasteiger charge is -2.25. The van der Waals surface area contributed by atoms with Crippen LogP contribution in [0.25, 0.3) is 10.9 Å². The summed E-state index contributed by atoms with van der Waals surface area (Å²) in [7, 11) is 1.48. The van der Waals surface area contributed by atoms with Crippen LogP contribution in [0.3, 0.4) is 0 Å². The third-order valence-electron chi connectivity index (χ3n) is 6.90. The Kier molecular flexibility index (Phi) is 4.92. The minimum Gasteiger partial charge on any atom is -0.492 e. The SMILES string of the molecule is COc1c(N2C[C@H](CNC3CC3)[C@@H](C)C2)c(F)cc2c(=O)c(C(=O)O)cn(C3CC3)c12. The molecule has 1 saturated heterocycles. The average Bonchev–Trinajstić information content (AvgIpc) is 3.65. The quantitative estimate of drug-likeness (QED) is 0.704. The van der Waals surface area contributed by atoms with E-state index >= 15 is 4.39 Å². The number of hydrogen-bond donors (Lipinski definition) is 2. The molecule has 0 radical (unpaired) electrons. The number of carbonyl (C=O) groups is 1. The molecule has 166 valence electrons. The summed E-state index contributed by atoms with van der Waals surface area (Å²) in [4.78, 5) is 26.5. The zero-order valence-electron chi connectivity index (χ0n) is 17.9. The van der Waals surface area contributed by atoms with Gasteiger partial charge < -0.3 is 24.6 Å². The van der Waals surface area contributed by atoms with Crippen molar-refractivity contribution in [1.29, 1.82) is 0 Å². The van der Waals surface area contributed by atoms with E-state index in [4.69, 9.17) is 4.74 Å². The summed E-state index contributed by atoms with van der Waals surface area (Å²) in [5, 5.41) is 13.1. The van der Waals surface area contributed by atoms with Crippen molar-refractivity contribution in [1.82, 2.24) is 9.88 Å². The minimum atomic E-state index is -1.30. The zero-order chi connectivity index (χ0) is 21.9. The van der Waals surface area contributed by atoms with Crippen molar-refractivity contribution in [2.45, 2.75) is 44.7 Å². The molecule has 2 aliphatic carbocycles. The van der Waals surface area contributed by atoms with Crippen LogP contribution in [0.2, 0.25) is 0 Å². The predicted molar refractivity (Wildman–Crippen MR) is 116 cm³/mol. The standard InChI is InChI=1S/C23H28FN3O4/c1-12-9-26(10-13(12)8-25-14-3-4-14)20-18(24)7-16-19(22(20)31-2)27(15-5-6-15)11-17(21(16)28)23(29)30/h7,11-15,25H,3-6,8-10H2,1-2H3,(H,29,30)/t12-,13-/m0/s1. The number of aromatic carboxylic acids is 1. The first kappa shape index (κ1) is 20.3. The van der Waals surface area contributed by atoms with E-state index in [0.717, 1.165) is 19.4 Å². The van der Waals surface area contributed by atoms with E-state index in [1.54, 1.807) is 4.57 Å². The first-order valence-corrected chi connectivity index (χ1v) is 11.1. The van der Waals surface area contributed by atoms with Crippen molar-refractivity contribution in [3.05, 3.63) is 33.9 Å². The van der Waals surface area contributed by atoms with Crippen LogP contribution >= 0.6 is 0 Å². The van der Waals surface area contributed by atoms with E-state index < -0.39 is 17.2 Å². The van der Waals surface area contributed by atoms with Gasteiger partial charge in [-0.25, -0.2) is 9.18 Å². The molecular formula is C23H28FN3O4. The summed E-state index contributed by atoms with van der Waals surface area (Å²) in [5.74, 6) is -0.733. The van der Waals surface area contributed by atoms with Gasteiger partial charge in [0.1, 0.15) is 11.3 Å². The van der Waals surface area contributed by atoms with E-state index in [1.807, 2.05) is 4.90 Å². The Bertz CT molecular complexity index is 1110. The van der Waals surface area contributed by atoms with Crippen LogP contribution < -0.4 is 20.4 Å². The second-order valence-electron chi connectivity index (χ2n) is 9.28. The maximum absolute atomic E-state index is 15.4. The second-order valence-corrected chi connectivity index (χ2v) is 9.28. The van der Waals surface area contributed by atoms with Gasteiger partial charge >= 0.3 is 5.97 Å². The molecule has 2 heterocycles. The first-order chi connectivity index (χ1) is 14.9. The van der Waals surface area contributed by atoms with Crippen molar-refractivity contribution in [2.75, 3.05) is 31.6 Å². The molecule has 8 heteroatoms. The van der Waals surface area contributed by atoms with Gasteiger partial charge in [-0.05, 0) is 43.6 Å². The minimum absolute atomic E-state index is 0.0593. The van der Waals surface area contributed by atoms with Gasteiger partial charge in [0.25, 0.3) is 0 Å². The number of carboxylic acids is 1. The molecule has 2 saturated carbocycles. The number of carboxylic acid groups (broad SMARTS) is 1. The monoisotopic (exact) mass is 429 g/mol. The highest BCUT2D eigenvalue weighted by molar-refractivity contribution is 5.97. The van der Waals surface area contributed by atoms with Crippen molar-refractivity contribution in [2.24, 2.45) is 11.8 Å². The van der Waals surface area contributed by atoms with Crippen LogP contribution in [-0.4, -0.2) is 48.4 Å². The van der Waals surface area contributed by atoms with Crippen LogP contribution in [-0.2, 0) is 0 Å². The summed E-state index contributed by atoms with van der Waals surface area (Å²) < 4.78 is 22.9. The van der Waals surface area contributed by atoms with E-state index in [1.165, 1.54) is 32.2 Å². The highest BCUT2D eigenvalue weighted by Gasteiger charge is 2.36. The maximum Gasteiger partial charge on any atom is 0.341 e. The average molecular weight is 429 g/mol. The van der Waals surface area contributed by atoms with Crippen molar-refractivity contribution >= 4 is 22.6 Å². The van der Waals surface area contributed by atoms with Gasteiger partial charge in [0, 0.05) is 37.9 Å². The van der Waals surface area contributed by atoms with Crippen molar-refractivity contribution in [3.63, 3.8) is 0 Å². The van der Waals surface area contributed by atoms with Gasteiger partial charge in [-0.15, -0.1) is 0 Å². The lowest BCUT2D eigenvalue weighted by atomic mass is 9.98. The molecule has 3 fully saturated rings. The number of rotatable bonds is 7. The number of nitrogens with zero attached hydrogens (tertiary/aromatic N) is 2. The van der Waals surface area contributed by atoms with Crippen LogP contribution in [0.15, 0.2) is 17.1 Å². The Hall–Kier alpha value is -2.61. The summed E-state index contributed by atoms with van der Waals surface area (Å²) in [5.41, 5.74) is -0.157. The van der Waals surface area contributed by atoms with E-state index in [0.29, 0.717) is 47.9 Å². The second kappa shape index (κ2) is 7.51. The Morgan fingerprint density at radius 3 is 2.65 bits per heavy atom. The molecule has 3 aliphatic rings. The Morgan fingerprint density at radius 2 is 2.03 bits per heavy atom. The van der Waals surface area contributed by atoms with Crippen LogP contribution in [0, 0.1) is 17.7 Å². The number of fused-ring (bicyclic) bond motifs is 1. The highest BCUT2D eigenvalue weighted by atomic mass is 19.1. The smallest absolute Gasteiger partial charge is 0.341 e. The van der Waals surface area contributed by atoms with Gasteiger partial charge in [-0.2, -0.15) is 0 Å². The molecule has 2 aromatic rings. The maximum atomic E-state index is 15.4. The Labute approximate surface area is 179 Å². The van der Waals surface area contributed by atoms with E-state index in [-0.39, 0.29) is 17.0 Å². The molecule has 0 amide bonds. The summed E-state index contributed by atoms with van der Waals surface area (Å²) in [6.45, 7) is 4.51. The fourth-order valence-electron chi connectivity index (χ4n) is 4.81. The molecule has 31 heavy (non-hydrogen) atoms. The number of hydrogen-bond acceptors (Lipinski definition) is 5. The summed E-state index contributed by atoms with van der Waals surface area (Å²) >= 11 is 0. The molecule has 1 aliphatic heterocycles. The number of anilines is 1.